The van der Waals surface area contributed by atoms with Gasteiger partial charge in [-0.3, -0.25) is 9.88 Å². The molecule has 3 N–H and O–H groups in total. The zero-order chi connectivity index (χ0) is 17.9. The number of amides is 2. The lowest BCUT2D eigenvalue weighted by atomic mass is 10.0. The molecule has 26 heavy (non-hydrogen) atoms. The molecule has 0 aliphatic carbocycles. The highest BCUT2D eigenvalue weighted by Gasteiger charge is 2.23. The van der Waals surface area contributed by atoms with Crippen LogP contribution in [-0.2, 0) is 13.0 Å². The lowest BCUT2D eigenvalue weighted by Crippen LogP contribution is -2.35. The number of hydrogen-bond donors (Lipinski definition) is 2. The molecule has 1 aliphatic heterocycles. The number of rotatable bonds is 4. The first kappa shape index (κ1) is 16.1. The van der Waals surface area contributed by atoms with Crippen LogP contribution in [0.4, 0.5) is 16.2 Å². The number of nitrogens with zero attached hydrogens (tertiary/aromatic N) is 2. The van der Waals surface area contributed by atoms with E-state index in [0.717, 1.165) is 23.4 Å². The van der Waals surface area contributed by atoms with Crippen LogP contribution in [0, 0.1) is 0 Å². The van der Waals surface area contributed by atoms with E-state index in [1.54, 1.807) is 17.3 Å². The molecule has 2 aromatic carbocycles. The van der Waals surface area contributed by atoms with E-state index in [9.17, 15) is 4.79 Å². The maximum absolute atomic E-state index is 12.0. The number of urea groups is 1. The van der Waals surface area contributed by atoms with Crippen molar-refractivity contribution >= 4 is 17.4 Å². The Balaban J connectivity index is 1.58. The number of nitrogens with two attached hydrogens (primary N) is 1. The van der Waals surface area contributed by atoms with Gasteiger partial charge in [-0.05, 0) is 53.4 Å². The summed E-state index contributed by atoms with van der Waals surface area (Å²) in [6.07, 6.45) is 4.31. The molecule has 1 unspecified atom stereocenters. The number of carbonyl (C=O) groups is 1. The predicted octanol–water partition coefficient (Wildman–Crippen LogP) is 3.88. The largest absolute Gasteiger partial charge is 0.378 e. The third-order valence-electron chi connectivity index (χ3n) is 4.71. The maximum atomic E-state index is 12.0. The fraction of sp³-hybridized carbons (Fsp3) is 0.143. The molecule has 0 saturated carbocycles. The second-order valence-electron chi connectivity index (χ2n) is 6.43. The monoisotopic (exact) mass is 344 g/mol. The number of aromatic nitrogens is 1. The number of carbonyl (C=O) groups excluding carboxylic acids is 1. The molecule has 130 valence electrons. The van der Waals surface area contributed by atoms with Gasteiger partial charge in [0.1, 0.15) is 0 Å². The molecule has 1 aromatic heterocycles. The quantitative estimate of drug-likeness (QED) is 0.754. The molecule has 2 amide bonds. The van der Waals surface area contributed by atoms with E-state index in [0.29, 0.717) is 6.54 Å². The van der Waals surface area contributed by atoms with Gasteiger partial charge >= 0.3 is 6.03 Å². The SMILES string of the molecule is NC(=O)N(Cc1ccncc1)c1ccc2c(c1)CC(c1ccccc1)N2. The molecule has 0 fully saturated rings. The number of primary amides is 1. The zero-order valence-electron chi connectivity index (χ0n) is 14.3. The highest BCUT2D eigenvalue weighted by molar-refractivity contribution is 5.91. The van der Waals surface area contributed by atoms with Gasteiger partial charge in [0.2, 0.25) is 0 Å². The first-order valence-corrected chi connectivity index (χ1v) is 8.61. The second-order valence-corrected chi connectivity index (χ2v) is 6.43. The Kier molecular flexibility index (Phi) is 4.27. The summed E-state index contributed by atoms with van der Waals surface area (Å²) in [5.41, 5.74) is 11.0. The molecule has 0 radical (unpaired) electrons. The number of nitrogens with one attached hydrogen (secondary N) is 1. The molecule has 3 aromatic rings. The Morgan fingerprint density at radius 3 is 2.62 bits per heavy atom. The molecule has 0 saturated heterocycles. The van der Waals surface area contributed by atoms with Crippen molar-refractivity contribution in [1.82, 2.24) is 4.98 Å². The molecule has 2 heterocycles. The van der Waals surface area contributed by atoms with Crippen LogP contribution in [-0.4, -0.2) is 11.0 Å². The molecule has 4 rings (SSSR count). The van der Waals surface area contributed by atoms with Crippen molar-refractivity contribution in [2.45, 2.75) is 19.0 Å². The van der Waals surface area contributed by atoms with Crippen molar-refractivity contribution in [3.05, 3.63) is 89.7 Å². The summed E-state index contributed by atoms with van der Waals surface area (Å²) < 4.78 is 0. The van der Waals surface area contributed by atoms with Gasteiger partial charge in [-0.25, -0.2) is 4.79 Å². The average Bonchev–Trinajstić information content (AvgIpc) is 3.11. The van der Waals surface area contributed by atoms with Crippen LogP contribution in [0.15, 0.2) is 73.1 Å². The summed E-state index contributed by atoms with van der Waals surface area (Å²) in [4.78, 5) is 17.6. The molecule has 1 atom stereocenters. The first-order chi connectivity index (χ1) is 12.7. The molecular weight excluding hydrogens is 324 g/mol. The van der Waals surface area contributed by atoms with Crippen LogP contribution in [0.5, 0.6) is 0 Å². The van der Waals surface area contributed by atoms with Gasteiger partial charge in [0.25, 0.3) is 0 Å². The molecule has 0 spiro atoms. The van der Waals surface area contributed by atoms with Crippen LogP contribution in [0.1, 0.15) is 22.7 Å². The third-order valence-corrected chi connectivity index (χ3v) is 4.71. The summed E-state index contributed by atoms with van der Waals surface area (Å²) in [6.45, 7) is 0.423. The zero-order valence-corrected chi connectivity index (χ0v) is 14.3. The third kappa shape index (κ3) is 3.24. The van der Waals surface area contributed by atoms with E-state index < -0.39 is 6.03 Å². The fourth-order valence-electron chi connectivity index (χ4n) is 3.37. The number of fused-ring (bicyclic) bond motifs is 1. The van der Waals surface area contributed by atoms with Gasteiger partial charge in [-0.15, -0.1) is 0 Å². The molecule has 5 heteroatoms. The van der Waals surface area contributed by atoms with Crippen molar-refractivity contribution in [1.29, 1.82) is 0 Å². The van der Waals surface area contributed by atoms with Crippen LogP contribution < -0.4 is 16.0 Å². The van der Waals surface area contributed by atoms with E-state index in [4.69, 9.17) is 5.73 Å². The van der Waals surface area contributed by atoms with Crippen LogP contribution in [0.2, 0.25) is 0 Å². The van der Waals surface area contributed by atoms with Crippen LogP contribution in [0.25, 0.3) is 0 Å². The van der Waals surface area contributed by atoms with Gasteiger partial charge in [0, 0.05) is 23.8 Å². The van der Waals surface area contributed by atoms with Crippen LogP contribution >= 0.6 is 0 Å². The molecular formula is C21H20N4O. The van der Waals surface area contributed by atoms with Gasteiger partial charge in [0.05, 0.1) is 12.6 Å². The molecule has 5 nitrogen and oxygen atoms in total. The normalized spacial score (nSPS) is 15.2. The molecule has 1 aliphatic rings. The van der Waals surface area contributed by atoms with E-state index in [1.807, 2.05) is 30.3 Å². The van der Waals surface area contributed by atoms with Crippen molar-refractivity contribution < 1.29 is 4.79 Å². The maximum Gasteiger partial charge on any atom is 0.319 e. The number of benzene rings is 2. The standard InChI is InChI=1S/C21H20N4O/c22-21(26)25(14-15-8-10-23-11-9-15)18-6-7-19-17(12-18)13-20(24-19)16-4-2-1-3-5-16/h1-12,20,24H,13-14H2,(H2,22,26). The Labute approximate surface area is 152 Å². The summed E-state index contributed by atoms with van der Waals surface area (Å²) in [6, 6.07) is 20.0. The van der Waals surface area contributed by atoms with E-state index >= 15 is 0 Å². The number of pyridine rings is 1. The van der Waals surface area contributed by atoms with E-state index in [2.05, 4.69) is 40.6 Å². The van der Waals surface area contributed by atoms with Crippen molar-refractivity contribution in [2.24, 2.45) is 5.73 Å². The second kappa shape index (κ2) is 6.88. The summed E-state index contributed by atoms with van der Waals surface area (Å²) >= 11 is 0. The Hall–Kier alpha value is -3.34. The predicted molar refractivity (Wildman–Crippen MR) is 103 cm³/mol. The first-order valence-electron chi connectivity index (χ1n) is 8.61. The van der Waals surface area contributed by atoms with E-state index in [-0.39, 0.29) is 6.04 Å². The highest BCUT2D eigenvalue weighted by atomic mass is 16.2. The fourth-order valence-corrected chi connectivity index (χ4v) is 3.37. The van der Waals surface area contributed by atoms with Crippen molar-refractivity contribution in [3.8, 4) is 0 Å². The van der Waals surface area contributed by atoms with E-state index in [1.165, 1.54) is 11.1 Å². The minimum absolute atomic E-state index is 0.253. The van der Waals surface area contributed by atoms with Gasteiger partial charge in [-0.1, -0.05) is 30.3 Å². The molecule has 0 bridgehead atoms. The number of anilines is 2. The number of hydrogen-bond acceptors (Lipinski definition) is 3. The van der Waals surface area contributed by atoms with Crippen molar-refractivity contribution in [2.75, 3.05) is 10.2 Å². The Bertz CT molecular complexity index is 912. The van der Waals surface area contributed by atoms with Gasteiger partial charge in [0.15, 0.2) is 0 Å². The summed E-state index contributed by atoms with van der Waals surface area (Å²) in [5, 5.41) is 3.55. The Morgan fingerprint density at radius 1 is 1.12 bits per heavy atom. The minimum Gasteiger partial charge on any atom is -0.378 e. The van der Waals surface area contributed by atoms with Gasteiger partial charge < -0.3 is 11.1 Å². The lowest BCUT2D eigenvalue weighted by molar-refractivity contribution is 0.253. The van der Waals surface area contributed by atoms with Gasteiger partial charge in [-0.2, -0.15) is 0 Å². The highest BCUT2D eigenvalue weighted by Crippen LogP contribution is 2.36. The smallest absolute Gasteiger partial charge is 0.319 e. The minimum atomic E-state index is -0.465. The average molecular weight is 344 g/mol. The summed E-state index contributed by atoms with van der Waals surface area (Å²) in [5.74, 6) is 0. The Morgan fingerprint density at radius 2 is 1.88 bits per heavy atom. The summed E-state index contributed by atoms with van der Waals surface area (Å²) in [7, 11) is 0. The lowest BCUT2D eigenvalue weighted by Gasteiger charge is -2.21. The van der Waals surface area contributed by atoms with Crippen LogP contribution in [0.3, 0.4) is 0 Å². The van der Waals surface area contributed by atoms with Crippen molar-refractivity contribution in [3.63, 3.8) is 0 Å². The topological polar surface area (TPSA) is 71.2 Å².